The number of aromatic nitrogens is 2. The Labute approximate surface area is 101 Å². The summed E-state index contributed by atoms with van der Waals surface area (Å²) in [6, 6.07) is 0. The van der Waals surface area contributed by atoms with Crippen molar-refractivity contribution in [2.75, 3.05) is 11.5 Å². The minimum Gasteiger partial charge on any atom is -0.344 e. The van der Waals surface area contributed by atoms with E-state index in [1.807, 2.05) is 6.20 Å². The van der Waals surface area contributed by atoms with Gasteiger partial charge in [0.15, 0.2) is 0 Å². The van der Waals surface area contributed by atoms with E-state index in [0.717, 1.165) is 18.7 Å². The first-order chi connectivity index (χ1) is 7.78. The average Bonchev–Trinajstić information content (AvgIpc) is 2.77. The van der Waals surface area contributed by atoms with Gasteiger partial charge in [-0.05, 0) is 37.9 Å². The van der Waals surface area contributed by atoms with Crippen LogP contribution in [0.1, 0.15) is 49.5 Å². The van der Waals surface area contributed by atoms with Crippen molar-refractivity contribution in [2.24, 2.45) is 5.73 Å². The number of H-pyrrole nitrogens is 1. The number of nitrogens with one attached hydrogen (secondary N) is 1. The summed E-state index contributed by atoms with van der Waals surface area (Å²) in [7, 11) is 0. The molecule has 1 unspecified atom stereocenters. The highest BCUT2D eigenvalue weighted by molar-refractivity contribution is 7.99. The number of rotatable bonds is 2. The molecule has 0 amide bonds. The second-order valence-electron chi connectivity index (χ2n) is 5.11. The first kappa shape index (κ1) is 10.7. The number of hydrogen-bond donors (Lipinski definition) is 2. The molecule has 1 aromatic heterocycles. The third kappa shape index (κ3) is 1.78. The van der Waals surface area contributed by atoms with Crippen LogP contribution in [-0.2, 0) is 5.54 Å². The van der Waals surface area contributed by atoms with E-state index in [1.165, 1.54) is 36.5 Å². The molecule has 16 heavy (non-hydrogen) atoms. The van der Waals surface area contributed by atoms with Crippen molar-refractivity contribution in [1.82, 2.24) is 9.97 Å². The molecular weight excluding hydrogens is 218 g/mol. The van der Waals surface area contributed by atoms with Gasteiger partial charge in [0.05, 0.1) is 5.54 Å². The van der Waals surface area contributed by atoms with E-state index in [2.05, 4.69) is 21.7 Å². The molecule has 1 aliphatic heterocycles. The number of hydrogen-bond acceptors (Lipinski definition) is 3. The first-order valence-corrected chi connectivity index (χ1v) is 7.35. The number of thioether (sulfide) groups is 1. The molecule has 1 saturated heterocycles. The monoisotopic (exact) mass is 237 g/mol. The maximum atomic E-state index is 6.27. The topological polar surface area (TPSA) is 54.7 Å². The van der Waals surface area contributed by atoms with Crippen LogP contribution in [0.2, 0.25) is 0 Å². The maximum absolute atomic E-state index is 6.27. The van der Waals surface area contributed by atoms with Crippen molar-refractivity contribution in [2.45, 2.75) is 43.6 Å². The molecule has 1 aliphatic carbocycles. The summed E-state index contributed by atoms with van der Waals surface area (Å²) in [4.78, 5) is 7.97. The normalized spacial score (nSPS) is 28.7. The zero-order valence-corrected chi connectivity index (χ0v) is 10.4. The number of imidazole rings is 1. The van der Waals surface area contributed by atoms with Gasteiger partial charge in [-0.1, -0.05) is 0 Å². The van der Waals surface area contributed by atoms with E-state index in [-0.39, 0.29) is 5.54 Å². The van der Waals surface area contributed by atoms with E-state index in [9.17, 15) is 0 Å². The van der Waals surface area contributed by atoms with Gasteiger partial charge in [0.2, 0.25) is 0 Å². The van der Waals surface area contributed by atoms with Gasteiger partial charge < -0.3 is 10.7 Å². The Morgan fingerprint density at radius 1 is 1.44 bits per heavy atom. The number of nitrogens with zero attached hydrogens (tertiary/aromatic N) is 1. The van der Waals surface area contributed by atoms with Gasteiger partial charge in [0.1, 0.15) is 5.82 Å². The fraction of sp³-hybridized carbons (Fsp3) is 0.750. The molecule has 3 nitrogen and oxygen atoms in total. The Kier molecular flexibility index (Phi) is 2.72. The van der Waals surface area contributed by atoms with Crippen LogP contribution in [-0.4, -0.2) is 21.5 Å². The largest absolute Gasteiger partial charge is 0.344 e. The van der Waals surface area contributed by atoms with E-state index >= 15 is 0 Å². The highest BCUT2D eigenvalue weighted by atomic mass is 32.2. The Balaban J connectivity index is 1.76. The molecule has 1 atom stereocenters. The lowest BCUT2D eigenvalue weighted by molar-refractivity contribution is 0.239. The maximum Gasteiger partial charge on any atom is 0.126 e. The Morgan fingerprint density at radius 2 is 2.31 bits per heavy atom. The number of aromatic amines is 1. The van der Waals surface area contributed by atoms with Crippen molar-refractivity contribution in [1.29, 1.82) is 0 Å². The van der Waals surface area contributed by atoms with Crippen molar-refractivity contribution < 1.29 is 0 Å². The quantitative estimate of drug-likeness (QED) is 0.830. The molecule has 3 rings (SSSR count). The zero-order valence-electron chi connectivity index (χ0n) is 9.54. The summed E-state index contributed by atoms with van der Waals surface area (Å²) < 4.78 is 0. The molecule has 3 N–H and O–H groups in total. The van der Waals surface area contributed by atoms with Crippen molar-refractivity contribution in [3.05, 3.63) is 17.7 Å². The molecule has 2 aliphatic rings. The van der Waals surface area contributed by atoms with Crippen LogP contribution in [0.25, 0.3) is 0 Å². The standard InChI is InChI=1S/C12H19N3S/c13-12(4-2-5-12)11-14-7-10(15-11)9-3-1-6-16-8-9/h7,9H,1-6,8,13H2,(H,14,15). The van der Waals surface area contributed by atoms with E-state index < -0.39 is 0 Å². The summed E-state index contributed by atoms with van der Waals surface area (Å²) >= 11 is 2.06. The summed E-state index contributed by atoms with van der Waals surface area (Å²) in [5, 5.41) is 0. The van der Waals surface area contributed by atoms with Crippen LogP contribution < -0.4 is 5.73 Å². The molecule has 0 bridgehead atoms. The predicted molar refractivity (Wildman–Crippen MR) is 67.6 cm³/mol. The second kappa shape index (κ2) is 4.08. The Hall–Kier alpha value is -0.480. The molecule has 0 radical (unpaired) electrons. The molecule has 2 heterocycles. The molecule has 2 fully saturated rings. The Morgan fingerprint density at radius 3 is 2.94 bits per heavy atom. The fourth-order valence-electron chi connectivity index (χ4n) is 2.58. The van der Waals surface area contributed by atoms with Gasteiger partial charge in [-0.2, -0.15) is 11.8 Å². The van der Waals surface area contributed by atoms with Crippen molar-refractivity contribution in [3.63, 3.8) is 0 Å². The van der Waals surface area contributed by atoms with Crippen LogP contribution in [0.5, 0.6) is 0 Å². The van der Waals surface area contributed by atoms with Crippen LogP contribution in [0.4, 0.5) is 0 Å². The predicted octanol–water partition coefficient (Wildman–Crippen LogP) is 2.36. The summed E-state index contributed by atoms with van der Waals surface area (Å²) in [6.07, 6.45) is 8.05. The summed E-state index contributed by atoms with van der Waals surface area (Å²) in [5.41, 5.74) is 7.43. The average molecular weight is 237 g/mol. The molecule has 0 spiro atoms. The highest BCUT2D eigenvalue weighted by Gasteiger charge is 2.37. The van der Waals surface area contributed by atoms with Crippen molar-refractivity contribution >= 4 is 11.8 Å². The minimum absolute atomic E-state index is 0.139. The lowest BCUT2D eigenvalue weighted by atomic mass is 9.77. The smallest absolute Gasteiger partial charge is 0.126 e. The minimum atomic E-state index is -0.139. The summed E-state index contributed by atoms with van der Waals surface area (Å²) in [5.74, 6) is 4.24. The zero-order chi connectivity index (χ0) is 11.0. The van der Waals surface area contributed by atoms with Gasteiger partial charge in [-0.3, -0.25) is 0 Å². The Bertz CT molecular complexity index is 364. The SMILES string of the molecule is NC1(c2ncc(C3CCCSC3)[nH]2)CCC1. The lowest BCUT2D eigenvalue weighted by Gasteiger charge is -2.36. The van der Waals surface area contributed by atoms with E-state index in [4.69, 9.17) is 5.73 Å². The molecule has 1 aromatic rings. The second-order valence-corrected chi connectivity index (χ2v) is 6.26. The van der Waals surface area contributed by atoms with Gasteiger partial charge >= 0.3 is 0 Å². The van der Waals surface area contributed by atoms with Crippen molar-refractivity contribution in [3.8, 4) is 0 Å². The molecule has 88 valence electrons. The first-order valence-electron chi connectivity index (χ1n) is 6.20. The third-order valence-electron chi connectivity index (χ3n) is 3.91. The van der Waals surface area contributed by atoms with Crippen LogP contribution in [0.3, 0.4) is 0 Å². The fourth-order valence-corrected chi connectivity index (χ4v) is 3.74. The van der Waals surface area contributed by atoms with Gasteiger partial charge in [-0.25, -0.2) is 4.98 Å². The van der Waals surface area contributed by atoms with E-state index in [0.29, 0.717) is 5.92 Å². The molecular formula is C12H19N3S. The van der Waals surface area contributed by atoms with E-state index in [1.54, 1.807) is 0 Å². The third-order valence-corrected chi connectivity index (χ3v) is 5.13. The van der Waals surface area contributed by atoms with Crippen LogP contribution in [0, 0.1) is 0 Å². The van der Waals surface area contributed by atoms with Gasteiger partial charge in [-0.15, -0.1) is 0 Å². The number of nitrogens with two attached hydrogens (primary N) is 1. The summed E-state index contributed by atoms with van der Waals surface area (Å²) in [6.45, 7) is 0. The molecule has 1 saturated carbocycles. The molecule has 4 heteroatoms. The van der Waals surface area contributed by atoms with Crippen LogP contribution in [0.15, 0.2) is 6.20 Å². The highest BCUT2D eigenvalue weighted by Crippen LogP contribution is 2.38. The van der Waals surface area contributed by atoms with Gasteiger partial charge in [0.25, 0.3) is 0 Å². The van der Waals surface area contributed by atoms with Gasteiger partial charge in [0, 0.05) is 23.6 Å². The lowest BCUT2D eigenvalue weighted by Crippen LogP contribution is -2.44. The van der Waals surface area contributed by atoms with Crippen LogP contribution >= 0.6 is 11.8 Å². The molecule has 0 aromatic carbocycles.